The van der Waals surface area contributed by atoms with E-state index in [0.717, 1.165) is 43.6 Å². The van der Waals surface area contributed by atoms with E-state index in [0.29, 0.717) is 37.9 Å². The summed E-state index contributed by atoms with van der Waals surface area (Å²) in [6, 6.07) is 6.08. The van der Waals surface area contributed by atoms with Gasteiger partial charge in [-0.2, -0.15) is 0 Å². The van der Waals surface area contributed by atoms with Gasteiger partial charge in [0, 0.05) is 26.1 Å². The third kappa shape index (κ3) is 13.8. The van der Waals surface area contributed by atoms with Gasteiger partial charge in [0.05, 0.1) is 25.9 Å². The summed E-state index contributed by atoms with van der Waals surface area (Å²) in [4.78, 5) is 11.6. The SMILES string of the molecule is COCCCOc1cc(CC(CC[C@@H](O)CC(C(N)=O)C(C)C)C(C)C)ccc1OC.OC1CCCCC1. The van der Waals surface area contributed by atoms with Gasteiger partial charge in [0.25, 0.3) is 0 Å². The van der Waals surface area contributed by atoms with Crippen molar-refractivity contribution in [1.82, 2.24) is 0 Å². The quantitative estimate of drug-likeness (QED) is 0.239. The second-order valence-electron chi connectivity index (χ2n) is 11.4. The zero-order chi connectivity index (χ0) is 28.5. The molecule has 7 nitrogen and oxygen atoms in total. The van der Waals surface area contributed by atoms with Crippen LogP contribution in [0.3, 0.4) is 0 Å². The van der Waals surface area contributed by atoms with Crippen molar-refractivity contribution in [3.63, 3.8) is 0 Å². The van der Waals surface area contributed by atoms with Crippen LogP contribution < -0.4 is 15.2 Å². The smallest absolute Gasteiger partial charge is 0.220 e. The molecule has 1 saturated carbocycles. The minimum atomic E-state index is -0.517. The Morgan fingerprint density at radius 1 is 1.00 bits per heavy atom. The summed E-state index contributed by atoms with van der Waals surface area (Å²) in [6.07, 6.45) is 9.10. The molecule has 220 valence electrons. The molecule has 1 aliphatic carbocycles. The van der Waals surface area contributed by atoms with Gasteiger partial charge in [-0.25, -0.2) is 0 Å². The molecule has 1 aliphatic rings. The Kier molecular flexibility index (Phi) is 17.3. The molecule has 0 bridgehead atoms. The second-order valence-corrected chi connectivity index (χ2v) is 11.4. The number of hydrogen-bond acceptors (Lipinski definition) is 6. The van der Waals surface area contributed by atoms with Gasteiger partial charge >= 0.3 is 0 Å². The van der Waals surface area contributed by atoms with E-state index in [-0.39, 0.29) is 23.8 Å². The van der Waals surface area contributed by atoms with Crippen molar-refractivity contribution in [3.8, 4) is 11.5 Å². The number of carbonyl (C=O) groups excluding carboxylic acids is 1. The third-order valence-corrected chi connectivity index (χ3v) is 7.56. The van der Waals surface area contributed by atoms with Gasteiger partial charge in [0.1, 0.15) is 0 Å². The fourth-order valence-electron chi connectivity index (χ4n) is 4.94. The Morgan fingerprint density at radius 3 is 2.18 bits per heavy atom. The molecule has 0 saturated heterocycles. The molecule has 3 atom stereocenters. The lowest BCUT2D eigenvalue weighted by Crippen LogP contribution is -2.31. The number of ether oxygens (including phenoxy) is 3. The molecule has 0 aliphatic heterocycles. The lowest BCUT2D eigenvalue weighted by molar-refractivity contribution is -0.124. The van der Waals surface area contributed by atoms with Gasteiger partial charge < -0.3 is 30.2 Å². The van der Waals surface area contributed by atoms with Crippen molar-refractivity contribution >= 4 is 5.91 Å². The molecule has 1 aromatic carbocycles. The largest absolute Gasteiger partial charge is 0.493 e. The van der Waals surface area contributed by atoms with Crippen LogP contribution in [0.2, 0.25) is 0 Å². The fourth-order valence-corrected chi connectivity index (χ4v) is 4.94. The Balaban J connectivity index is 0.000000884. The summed E-state index contributed by atoms with van der Waals surface area (Å²) in [6.45, 7) is 9.60. The first-order chi connectivity index (χ1) is 18.1. The molecule has 1 fully saturated rings. The number of methoxy groups -OCH3 is 2. The first kappa shape index (κ1) is 34.2. The maximum absolute atomic E-state index is 11.6. The Labute approximate surface area is 231 Å². The maximum atomic E-state index is 11.6. The normalized spacial score (nSPS) is 16.5. The van der Waals surface area contributed by atoms with Gasteiger partial charge in [0.2, 0.25) is 5.91 Å². The number of carbonyl (C=O) groups is 1. The first-order valence-corrected chi connectivity index (χ1v) is 14.5. The number of hydrogen-bond donors (Lipinski definition) is 3. The van der Waals surface area contributed by atoms with E-state index in [1.165, 1.54) is 24.8 Å². The number of benzene rings is 1. The van der Waals surface area contributed by atoms with E-state index in [2.05, 4.69) is 26.0 Å². The van der Waals surface area contributed by atoms with Crippen LogP contribution in [0.25, 0.3) is 0 Å². The van der Waals surface area contributed by atoms with Gasteiger partial charge in [0.15, 0.2) is 11.5 Å². The lowest BCUT2D eigenvalue weighted by Gasteiger charge is -2.25. The zero-order valence-corrected chi connectivity index (χ0v) is 24.8. The monoisotopic (exact) mass is 537 g/mol. The summed E-state index contributed by atoms with van der Waals surface area (Å²) in [7, 11) is 3.33. The highest BCUT2D eigenvalue weighted by Crippen LogP contribution is 2.32. The Morgan fingerprint density at radius 2 is 1.68 bits per heavy atom. The molecule has 0 heterocycles. The van der Waals surface area contributed by atoms with Crippen LogP contribution in [0.5, 0.6) is 11.5 Å². The minimum Gasteiger partial charge on any atom is -0.493 e. The zero-order valence-electron chi connectivity index (χ0n) is 24.8. The van der Waals surface area contributed by atoms with Crippen LogP contribution in [0.1, 0.15) is 91.0 Å². The molecular formula is C31H55NO6. The molecule has 2 unspecified atom stereocenters. The van der Waals surface area contributed by atoms with E-state index < -0.39 is 6.10 Å². The molecule has 7 heteroatoms. The lowest BCUT2D eigenvalue weighted by atomic mass is 9.83. The number of nitrogens with two attached hydrogens (primary N) is 1. The van der Waals surface area contributed by atoms with Crippen molar-refractivity contribution in [1.29, 1.82) is 0 Å². The third-order valence-electron chi connectivity index (χ3n) is 7.56. The summed E-state index contributed by atoms with van der Waals surface area (Å²) in [5, 5.41) is 19.4. The van der Waals surface area contributed by atoms with Crippen molar-refractivity contribution in [3.05, 3.63) is 23.8 Å². The summed E-state index contributed by atoms with van der Waals surface area (Å²) >= 11 is 0. The Hall–Kier alpha value is -1.83. The van der Waals surface area contributed by atoms with Crippen LogP contribution in [0.15, 0.2) is 18.2 Å². The number of aliphatic hydroxyl groups excluding tert-OH is 2. The molecule has 4 N–H and O–H groups in total. The van der Waals surface area contributed by atoms with Crippen LogP contribution >= 0.6 is 0 Å². The van der Waals surface area contributed by atoms with Crippen molar-refractivity contribution in [2.45, 2.75) is 104 Å². The summed E-state index contributed by atoms with van der Waals surface area (Å²) < 4.78 is 16.4. The van der Waals surface area contributed by atoms with Crippen molar-refractivity contribution in [2.75, 3.05) is 27.4 Å². The van der Waals surface area contributed by atoms with Crippen LogP contribution in [0.4, 0.5) is 0 Å². The van der Waals surface area contributed by atoms with E-state index in [1.807, 2.05) is 19.9 Å². The molecule has 0 spiro atoms. The van der Waals surface area contributed by atoms with E-state index in [9.17, 15) is 9.90 Å². The predicted molar refractivity (Wildman–Crippen MR) is 153 cm³/mol. The van der Waals surface area contributed by atoms with E-state index >= 15 is 0 Å². The fraction of sp³-hybridized carbons (Fsp3) is 0.774. The summed E-state index contributed by atoms with van der Waals surface area (Å²) in [5.74, 6) is 1.88. The van der Waals surface area contributed by atoms with Crippen LogP contribution in [-0.4, -0.2) is 55.8 Å². The summed E-state index contributed by atoms with van der Waals surface area (Å²) in [5.41, 5.74) is 6.69. The average molecular weight is 538 g/mol. The molecule has 0 radical (unpaired) electrons. The highest BCUT2D eigenvalue weighted by molar-refractivity contribution is 5.76. The molecule has 1 aromatic rings. The Bertz CT molecular complexity index is 763. The van der Waals surface area contributed by atoms with E-state index in [1.54, 1.807) is 14.2 Å². The topological polar surface area (TPSA) is 111 Å². The van der Waals surface area contributed by atoms with Crippen molar-refractivity contribution in [2.24, 2.45) is 29.4 Å². The van der Waals surface area contributed by atoms with Crippen LogP contribution in [-0.2, 0) is 16.0 Å². The number of rotatable bonds is 16. The molecule has 0 aromatic heterocycles. The average Bonchev–Trinajstić information content (AvgIpc) is 2.88. The molecular weight excluding hydrogens is 482 g/mol. The van der Waals surface area contributed by atoms with Gasteiger partial charge in [-0.15, -0.1) is 0 Å². The number of aliphatic hydroxyl groups is 2. The van der Waals surface area contributed by atoms with Crippen molar-refractivity contribution < 1.29 is 29.2 Å². The number of primary amides is 1. The molecule has 1 amide bonds. The second kappa shape index (κ2) is 19.3. The van der Waals surface area contributed by atoms with Gasteiger partial charge in [-0.05, 0) is 74.0 Å². The standard InChI is InChI=1S/C25H43NO5.C6H12O/c1-17(2)20(9-10-21(27)16-22(18(3)4)25(26)28)14-19-8-11-23(30-6)24(15-19)31-13-7-12-29-5;7-6-4-2-1-3-5-6/h8,11,15,17-18,20-22,27H,7,9-10,12-14,16H2,1-6H3,(H2,26,28);6-7H,1-5H2/t20?,21-,22?;/m1./s1. The number of amides is 1. The molecule has 2 rings (SSSR count). The minimum absolute atomic E-state index is 0.0359. The highest BCUT2D eigenvalue weighted by Gasteiger charge is 2.24. The predicted octanol–water partition coefficient (Wildman–Crippen LogP) is 5.53. The van der Waals surface area contributed by atoms with Crippen LogP contribution in [0, 0.1) is 23.7 Å². The maximum Gasteiger partial charge on any atom is 0.220 e. The molecule has 38 heavy (non-hydrogen) atoms. The van der Waals surface area contributed by atoms with E-state index in [4.69, 9.17) is 25.1 Å². The highest BCUT2D eigenvalue weighted by atomic mass is 16.5. The van der Waals surface area contributed by atoms with Gasteiger partial charge in [-0.3, -0.25) is 4.79 Å². The first-order valence-electron chi connectivity index (χ1n) is 14.5. The van der Waals surface area contributed by atoms with Gasteiger partial charge in [-0.1, -0.05) is 53.0 Å².